The number of H-pyrrole nitrogens is 1. The van der Waals surface area contributed by atoms with Crippen LogP contribution in [-0.2, 0) is 7.05 Å². The minimum Gasteiger partial charge on any atom is -0.340 e. The Hall–Kier alpha value is -2.15. The molecule has 1 saturated carbocycles. The Morgan fingerprint density at radius 2 is 2.27 bits per heavy atom. The number of fused-ring (bicyclic) bond motifs is 1. The highest BCUT2D eigenvalue weighted by atomic mass is 16.2. The van der Waals surface area contributed by atoms with E-state index in [2.05, 4.69) is 15.4 Å². The van der Waals surface area contributed by atoms with Crippen LogP contribution >= 0.6 is 0 Å². The molecule has 22 heavy (non-hydrogen) atoms. The van der Waals surface area contributed by atoms with Crippen LogP contribution in [-0.4, -0.2) is 52.8 Å². The van der Waals surface area contributed by atoms with Crippen LogP contribution in [0.25, 0.3) is 11.0 Å². The molecule has 3 rings (SSSR count). The monoisotopic (exact) mass is 303 g/mol. The third-order valence-corrected chi connectivity index (χ3v) is 4.10. The number of carbonyl (C=O) groups excluding carboxylic acids is 1. The number of nitrogens with zero attached hydrogens (tertiary/aromatic N) is 3. The molecule has 1 aliphatic carbocycles. The molecule has 7 heteroatoms. The molecule has 2 heterocycles. The number of rotatable bonds is 5. The molecule has 0 atom stereocenters. The highest BCUT2D eigenvalue weighted by Gasteiger charge is 2.29. The maximum Gasteiger partial charge on any atom is 0.274 e. The molecule has 118 valence electrons. The molecule has 2 aromatic rings. The van der Waals surface area contributed by atoms with Crippen molar-refractivity contribution in [2.75, 3.05) is 27.2 Å². The van der Waals surface area contributed by atoms with Gasteiger partial charge in [-0.1, -0.05) is 0 Å². The minimum absolute atomic E-state index is 0.138. The Kier molecular flexibility index (Phi) is 3.74. The maximum atomic E-state index is 12.7. The molecule has 2 N–H and O–H groups in total. The Balaban J connectivity index is 2.10. The predicted octanol–water partition coefficient (Wildman–Crippen LogP) is 0.430. The topological polar surface area (TPSA) is 83.0 Å². The average Bonchev–Trinajstić information content (AvgIpc) is 3.31. The lowest BCUT2D eigenvalue weighted by atomic mass is 10.1. The number of pyridine rings is 1. The molecule has 0 spiro atoms. The summed E-state index contributed by atoms with van der Waals surface area (Å²) in [6, 6.07) is 1.80. The van der Waals surface area contributed by atoms with Crippen LogP contribution in [0.2, 0.25) is 0 Å². The number of hydrogen-bond acceptors (Lipinski definition) is 4. The van der Waals surface area contributed by atoms with Crippen molar-refractivity contribution < 1.29 is 4.79 Å². The van der Waals surface area contributed by atoms with Crippen LogP contribution in [0.1, 0.15) is 34.8 Å². The van der Waals surface area contributed by atoms with Crippen molar-refractivity contribution in [1.82, 2.24) is 25.0 Å². The van der Waals surface area contributed by atoms with E-state index in [1.807, 2.05) is 7.05 Å². The molecule has 2 aromatic heterocycles. The van der Waals surface area contributed by atoms with Gasteiger partial charge in [0.1, 0.15) is 0 Å². The summed E-state index contributed by atoms with van der Waals surface area (Å²) in [7, 11) is 5.34. The second-order valence-corrected chi connectivity index (χ2v) is 5.90. The van der Waals surface area contributed by atoms with E-state index in [0.717, 1.165) is 18.5 Å². The van der Waals surface area contributed by atoms with Crippen molar-refractivity contribution in [3.8, 4) is 0 Å². The van der Waals surface area contributed by atoms with Gasteiger partial charge in [0.15, 0.2) is 5.65 Å². The molecule has 0 aliphatic heterocycles. The summed E-state index contributed by atoms with van der Waals surface area (Å²) in [6.07, 6.45) is 2.19. The average molecular weight is 303 g/mol. The summed E-state index contributed by atoms with van der Waals surface area (Å²) in [4.78, 5) is 31.1. The van der Waals surface area contributed by atoms with Crippen molar-refractivity contribution in [3.05, 3.63) is 27.7 Å². The van der Waals surface area contributed by atoms with Crippen LogP contribution in [0.15, 0.2) is 10.9 Å². The van der Waals surface area contributed by atoms with Crippen LogP contribution in [0.3, 0.4) is 0 Å². The van der Waals surface area contributed by atoms with Crippen molar-refractivity contribution >= 4 is 16.9 Å². The number of aromatic nitrogens is 3. The lowest BCUT2D eigenvalue weighted by molar-refractivity contribution is 0.0798. The highest BCUT2D eigenvalue weighted by Crippen LogP contribution is 2.40. The zero-order valence-electron chi connectivity index (χ0n) is 13.1. The molecule has 0 radical (unpaired) electrons. The van der Waals surface area contributed by atoms with Crippen molar-refractivity contribution in [2.24, 2.45) is 7.05 Å². The first-order chi connectivity index (χ1) is 10.5. The standard InChI is InChI=1S/C15H21N5O2/c1-16-6-7-19(2)15(22)10-8-11(9-4-5-9)17-13-12(10)14(21)18-20(13)3/h8-9,16H,4-7H2,1-3H3,(H,18,21). The van der Waals surface area contributed by atoms with Gasteiger partial charge in [-0.2, -0.15) is 0 Å². The van der Waals surface area contributed by atoms with E-state index >= 15 is 0 Å². The van der Waals surface area contributed by atoms with E-state index in [9.17, 15) is 9.59 Å². The van der Waals surface area contributed by atoms with Gasteiger partial charge in [0.25, 0.3) is 11.5 Å². The van der Waals surface area contributed by atoms with Gasteiger partial charge in [0.05, 0.1) is 10.9 Å². The maximum absolute atomic E-state index is 12.7. The van der Waals surface area contributed by atoms with E-state index in [0.29, 0.717) is 35.6 Å². The second-order valence-electron chi connectivity index (χ2n) is 5.90. The van der Waals surface area contributed by atoms with E-state index in [1.165, 1.54) is 0 Å². The van der Waals surface area contributed by atoms with Crippen molar-refractivity contribution in [2.45, 2.75) is 18.8 Å². The largest absolute Gasteiger partial charge is 0.340 e. The minimum atomic E-state index is -0.266. The SMILES string of the molecule is CNCCN(C)C(=O)c1cc(C2CC2)nc2c1c(=O)[nH]n2C. The fraction of sp³-hybridized carbons (Fsp3) is 0.533. The lowest BCUT2D eigenvalue weighted by Crippen LogP contribution is -2.33. The Bertz CT molecular complexity index is 772. The van der Waals surface area contributed by atoms with Gasteiger partial charge >= 0.3 is 0 Å². The summed E-state index contributed by atoms with van der Waals surface area (Å²) >= 11 is 0. The number of aromatic amines is 1. The number of carbonyl (C=O) groups is 1. The molecule has 0 unspecified atom stereocenters. The van der Waals surface area contributed by atoms with Gasteiger partial charge < -0.3 is 10.2 Å². The second kappa shape index (κ2) is 5.57. The zero-order valence-corrected chi connectivity index (χ0v) is 13.1. The fourth-order valence-corrected chi connectivity index (χ4v) is 2.62. The first-order valence-corrected chi connectivity index (χ1v) is 7.52. The summed E-state index contributed by atoms with van der Waals surface area (Å²) in [5.74, 6) is 0.282. The molecule has 1 amide bonds. The molecule has 0 saturated heterocycles. The first-order valence-electron chi connectivity index (χ1n) is 7.52. The Labute approximate surface area is 128 Å². The van der Waals surface area contributed by atoms with Gasteiger partial charge in [-0.15, -0.1) is 0 Å². The normalized spacial score (nSPS) is 14.5. The molecule has 7 nitrogen and oxygen atoms in total. The van der Waals surface area contributed by atoms with Gasteiger partial charge in [0.2, 0.25) is 0 Å². The van der Waals surface area contributed by atoms with Crippen molar-refractivity contribution in [3.63, 3.8) is 0 Å². The quantitative estimate of drug-likeness (QED) is 0.839. The molecule has 0 aromatic carbocycles. The third-order valence-electron chi connectivity index (χ3n) is 4.10. The summed E-state index contributed by atoms with van der Waals surface area (Å²) < 4.78 is 1.59. The van der Waals surface area contributed by atoms with E-state index in [-0.39, 0.29) is 11.5 Å². The number of amides is 1. The number of likely N-dealkylation sites (N-methyl/N-ethyl adjacent to an activating group) is 2. The highest BCUT2D eigenvalue weighted by molar-refractivity contribution is 6.05. The molecule has 0 bridgehead atoms. The Morgan fingerprint density at radius 1 is 1.55 bits per heavy atom. The summed E-state index contributed by atoms with van der Waals surface area (Å²) in [6.45, 7) is 1.29. The van der Waals surface area contributed by atoms with Gasteiger partial charge in [-0.05, 0) is 26.0 Å². The predicted molar refractivity (Wildman–Crippen MR) is 84.2 cm³/mol. The molecular formula is C15H21N5O2. The zero-order chi connectivity index (χ0) is 15.9. The summed E-state index contributed by atoms with van der Waals surface area (Å²) in [5, 5.41) is 6.10. The smallest absolute Gasteiger partial charge is 0.274 e. The molecular weight excluding hydrogens is 282 g/mol. The Morgan fingerprint density at radius 3 is 2.91 bits per heavy atom. The van der Waals surface area contributed by atoms with Crippen LogP contribution < -0.4 is 10.9 Å². The fourth-order valence-electron chi connectivity index (χ4n) is 2.62. The first kappa shape index (κ1) is 14.8. The van der Waals surface area contributed by atoms with Crippen LogP contribution in [0, 0.1) is 0 Å². The molecule has 1 fully saturated rings. The van der Waals surface area contributed by atoms with Gasteiger partial charge in [-0.3, -0.25) is 19.4 Å². The van der Waals surface area contributed by atoms with E-state index in [1.54, 1.807) is 29.7 Å². The van der Waals surface area contributed by atoms with Crippen LogP contribution in [0.4, 0.5) is 0 Å². The molecule has 1 aliphatic rings. The van der Waals surface area contributed by atoms with E-state index < -0.39 is 0 Å². The summed E-state index contributed by atoms with van der Waals surface area (Å²) in [5.41, 5.74) is 1.65. The van der Waals surface area contributed by atoms with Crippen LogP contribution in [0.5, 0.6) is 0 Å². The van der Waals surface area contributed by atoms with Gasteiger partial charge in [-0.25, -0.2) is 4.98 Å². The number of nitrogens with one attached hydrogen (secondary N) is 2. The number of aryl methyl sites for hydroxylation is 1. The van der Waals surface area contributed by atoms with Crippen molar-refractivity contribution in [1.29, 1.82) is 0 Å². The van der Waals surface area contributed by atoms with E-state index in [4.69, 9.17) is 0 Å². The van der Waals surface area contributed by atoms with Gasteiger partial charge in [0, 0.05) is 38.8 Å². The third kappa shape index (κ3) is 2.52. The lowest BCUT2D eigenvalue weighted by Gasteiger charge is -2.17. The number of hydrogen-bond donors (Lipinski definition) is 2.